The van der Waals surface area contributed by atoms with Gasteiger partial charge in [-0.05, 0) is 38.2 Å². The third-order valence-corrected chi connectivity index (χ3v) is 3.34. The predicted octanol–water partition coefficient (Wildman–Crippen LogP) is 2.19. The van der Waals surface area contributed by atoms with Gasteiger partial charge < -0.3 is 10.8 Å². The Labute approximate surface area is 95.9 Å². The maximum Gasteiger partial charge on any atom is 0.0608 e. The van der Waals surface area contributed by atoms with E-state index in [4.69, 9.17) is 10.8 Å². The summed E-state index contributed by atoms with van der Waals surface area (Å²) < 4.78 is 0. The van der Waals surface area contributed by atoms with Gasteiger partial charge in [0.25, 0.3) is 0 Å². The number of benzene rings is 1. The quantitative estimate of drug-likeness (QED) is 0.755. The normalized spacial score (nSPS) is 14.9. The van der Waals surface area contributed by atoms with Crippen LogP contribution in [0.3, 0.4) is 0 Å². The predicted molar refractivity (Wildman–Crippen MR) is 66.2 cm³/mol. The van der Waals surface area contributed by atoms with Crippen molar-refractivity contribution in [3.05, 3.63) is 29.8 Å². The summed E-state index contributed by atoms with van der Waals surface area (Å²) in [6.45, 7) is 4.00. The number of rotatable bonds is 5. The Morgan fingerprint density at radius 2 is 1.93 bits per heavy atom. The van der Waals surface area contributed by atoms with Crippen LogP contribution in [0.1, 0.15) is 18.9 Å². The van der Waals surface area contributed by atoms with Crippen molar-refractivity contribution < 1.29 is 5.11 Å². The van der Waals surface area contributed by atoms with Crippen LogP contribution in [0.2, 0.25) is 0 Å². The molecule has 0 saturated heterocycles. The Hall–Kier alpha value is -0.510. The van der Waals surface area contributed by atoms with Crippen LogP contribution in [0.25, 0.3) is 0 Å². The van der Waals surface area contributed by atoms with E-state index in [9.17, 15) is 0 Å². The molecule has 2 nitrogen and oxygen atoms in total. The smallest absolute Gasteiger partial charge is 0.0608 e. The van der Waals surface area contributed by atoms with Crippen molar-refractivity contribution in [1.29, 1.82) is 0 Å². The zero-order chi connectivity index (χ0) is 11.3. The molecular weight excluding hydrogens is 206 g/mol. The first-order valence-corrected chi connectivity index (χ1v) is 6.11. The van der Waals surface area contributed by atoms with Gasteiger partial charge in [-0.1, -0.05) is 17.7 Å². The number of hydrogen-bond donors (Lipinski definition) is 2. The minimum atomic E-state index is -0.447. The van der Waals surface area contributed by atoms with E-state index in [1.54, 1.807) is 11.8 Å². The Balaban J connectivity index is 2.35. The third-order valence-electron chi connectivity index (χ3n) is 2.32. The number of hydrogen-bond acceptors (Lipinski definition) is 3. The Morgan fingerprint density at radius 1 is 1.33 bits per heavy atom. The molecule has 15 heavy (non-hydrogen) atoms. The summed E-state index contributed by atoms with van der Waals surface area (Å²) in [5.41, 5.74) is 6.67. The second-order valence-electron chi connectivity index (χ2n) is 4.22. The average molecular weight is 225 g/mol. The maximum absolute atomic E-state index is 8.99. The van der Waals surface area contributed by atoms with E-state index in [1.807, 2.05) is 6.92 Å². The molecule has 1 unspecified atom stereocenters. The summed E-state index contributed by atoms with van der Waals surface area (Å²) in [6, 6.07) is 8.45. The maximum atomic E-state index is 8.99. The molecule has 0 saturated carbocycles. The minimum Gasteiger partial charge on any atom is -0.394 e. The van der Waals surface area contributed by atoms with Gasteiger partial charge >= 0.3 is 0 Å². The fourth-order valence-corrected chi connectivity index (χ4v) is 2.25. The molecule has 1 rings (SSSR count). The summed E-state index contributed by atoms with van der Waals surface area (Å²) in [7, 11) is 0. The molecule has 0 spiro atoms. The van der Waals surface area contributed by atoms with Gasteiger partial charge in [0.1, 0.15) is 0 Å². The van der Waals surface area contributed by atoms with Crippen LogP contribution in [0, 0.1) is 6.92 Å². The van der Waals surface area contributed by atoms with Crippen molar-refractivity contribution in [3.63, 3.8) is 0 Å². The SMILES string of the molecule is Cc1ccc(SCCC(C)(N)CO)cc1. The van der Waals surface area contributed by atoms with E-state index >= 15 is 0 Å². The Bertz CT molecular complexity index is 295. The van der Waals surface area contributed by atoms with Gasteiger partial charge in [-0.15, -0.1) is 11.8 Å². The van der Waals surface area contributed by atoms with E-state index < -0.39 is 5.54 Å². The molecule has 0 aliphatic heterocycles. The summed E-state index contributed by atoms with van der Waals surface area (Å²) in [6.07, 6.45) is 0.821. The molecule has 0 bridgehead atoms. The van der Waals surface area contributed by atoms with Gasteiger partial charge in [-0.3, -0.25) is 0 Å². The molecule has 84 valence electrons. The molecule has 1 aromatic rings. The van der Waals surface area contributed by atoms with Crippen LogP contribution < -0.4 is 5.73 Å². The van der Waals surface area contributed by atoms with Crippen molar-refractivity contribution in [3.8, 4) is 0 Å². The lowest BCUT2D eigenvalue weighted by Crippen LogP contribution is -2.40. The first kappa shape index (κ1) is 12.6. The summed E-state index contributed by atoms with van der Waals surface area (Å²) in [5, 5.41) is 8.99. The molecule has 3 heteroatoms. The second-order valence-corrected chi connectivity index (χ2v) is 5.39. The highest BCUT2D eigenvalue weighted by Gasteiger charge is 2.16. The highest BCUT2D eigenvalue weighted by atomic mass is 32.2. The van der Waals surface area contributed by atoms with E-state index in [0.717, 1.165) is 12.2 Å². The highest BCUT2D eigenvalue weighted by molar-refractivity contribution is 7.99. The lowest BCUT2D eigenvalue weighted by molar-refractivity contribution is 0.206. The van der Waals surface area contributed by atoms with Crippen molar-refractivity contribution in [2.45, 2.75) is 30.7 Å². The summed E-state index contributed by atoms with van der Waals surface area (Å²) in [4.78, 5) is 1.26. The van der Waals surface area contributed by atoms with Gasteiger partial charge in [0.15, 0.2) is 0 Å². The van der Waals surface area contributed by atoms with E-state index in [0.29, 0.717) is 0 Å². The number of aliphatic hydroxyl groups excluding tert-OH is 1. The molecule has 0 aromatic heterocycles. The third kappa shape index (κ3) is 4.69. The molecule has 0 radical (unpaired) electrons. The molecule has 1 atom stereocenters. The fraction of sp³-hybridized carbons (Fsp3) is 0.500. The van der Waals surface area contributed by atoms with Crippen LogP contribution in [0.4, 0.5) is 0 Å². The molecule has 1 aromatic carbocycles. The molecule has 3 N–H and O–H groups in total. The van der Waals surface area contributed by atoms with Crippen molar-refractivity contribution in [2.75, 3.05) is 12.4 Å². The van der Waals surface area contributed by atoms with Gasteiger partial charge in [-0.2, -0.15) is 0 Å². The van der Waals surface area contributed by atoms with Gasteiger partial charge in [0.2, 0.25) is 0 Å². The molecule has 0 amide bonds. The molecule has 0 aliphatic carbocycles. The van der Waals surface area contributed by atoms with Crippen LogP contribution in [0.15, 0.2) is 29.2 Å². The minimum absolute atomic E-state index is 0.0431. The summed E-state index contributed by atoms with van der Waals surface area (Å²) >= 11 is 1.78. The lowest BCUT2D eigenvalue weighted by atomic mass is 10.0. The second kappa shape index (κ2) is 5.54. The number of thioether (sulfide) groups is 1. The Kier molecular flexibility index (Phi) is 4.64. The van der Waals surface area contributed by atoms with Crippen LogP contribution in [-0.2, 0) is 0 Å². The van der Waals surface area contributed by atoms with Crippen molar-refractivity contribution in [1.82, 2.24) is 0 Å². The standard InChI is InChI=1S/C12H19NOS/c1-10-3-5-11(6-4-10)15-8-7-12(2,13)9-14/h3-6,14H,7-9,13H2,1-2H3. The van der Waals surface area contributed by atoms with Crippen LogP contribution in [-0.4, -0.2) is 23.0 Å². The fourth-order valence-electron chi connectivity index (χ4n) is 1.12. The number of aryl methyl sites for hydroxylation is 1. The molecule has 0 fully saturated rings. The highest BCUT2D eigenvalue weighted by Crippen LogP contribution is 2.21. The van der Waals surface area contributed by atoms with Crippen molar-refractivity contribution in [2.24, 2.45) is 5.73 Å². The monoisotopic (exact) mass is 225 g/mol. The topological polar surface area (TPSA) is 46.2 Å². The first-order chi connectivity index (χ1) is 7.03. The lowest BCUT2D eigenvalue weighted by Gasteiger charge is -2.20. The average Bonchev–Trinajstić information content (AvgIpc) is 2.21. The molecular formula is C12H19NOS. The molecule has 0 heterocycles. The van der Waals surface area contributed by atoms with Gasteiger partial charge in [0, 0.05) is 10.4 Å². The first-order valence-electron chi connectivity index (χ1n) is 5.13. The summed E-state index contributed by atoms with van der Waals surface area (Å²) in [5.74, 6) is 0.941. The number of aliphatic hydroxyl groups is 1. The zero-order valence-corrected chi connectivity index (χ0v) is 10.2. The largest absolute Gasteiger partial charge is 0.394 e. The number of nitrogens with two attached hydrogens (primary N) is 1. The van der Waals surface area contributed by atoms with Crippen LogP contribution >= 0.6 is 11.8 Å². The van der Waals surface area contributed by atoms with E-state index in [1.165, 1.54) is 10.5 Å². The molecule has 0 aliphatic rings. The van der Waals surface area contributed by atoms with Crippen molar-refractivity contribution >= 4 is 11.8 Å². The Morgan fingerprint density at radius 3 is 2.47 bits per heavy atom. The van der Waals surface area contributed by atoms with Crippen LogP contribution in [0.5, 0.6) is 0 Å². The van der Waals surface area contributed by atoms with E-state index in [2.05, 4.69) is 31.2 Å². The van der Waals surface area contributed by atoms with Gasteiger partial charge in [0.05, 0.1) is 6.61 Å². The van der Waals surface area contributed by atoms with E-state index in [-0.39, 0.29) is 6.61 Å². The van der Waals surface area contributed by atoms with Gasteiger partial charge in [-0.25, -0.2) is 0 Å². The zero-order valence-electron chi connectivity index (χ0n) is 9.36.